The molecule has 126 valence electrons. The number of nitrogens with zero attached hydrogens (tertiary/aromatic N) is 2. The van der Waals surface area contributed by atoms with E-state index in [2.05, 4.69) is 11.1 Å². The Labute approximate surface area is 147 Å². The van der Waals surface area contributed by atoms with Gasteiger partial charge in [-0.1, -0.05) is 12.8 Å². The minimum atomic E-state index is -1.06. The highest BCUT2D eigenvalue weighted by atomic mass is 32.1. The van der Waals surface area contributed by atoms with E-state index in [4.69, 9.17) is 5.26 Å². The van der Waals surface area contributed by atoms with Gasteiger partial charge in [-0.25, -0.2) is 4.79 Å². The Morgan fingerprint density at radius 3 is 2.80 bits per heavy atom. The van der Waals surface area contributed by atoms with Crippen molar-refractivity contribution in [2.75, 3.05) is 0 Å². The van der Waals surface area contributed by atoms with E-state index >= 15 is 0 Å². The summed E-state index contributed by atoms with van der Waals surface area (Å²) < 4.78 is 1.96. The molecule has 0 saturated heterocycles. The molecule has 0 unspecified atom stereocenters. The zero-order valence-corrected chi connectivity index (χ0v) is 14.1. The molecule has 0 aromatic carbocycles. The van der Waals surface area contributed by atoms with Gasteiger partial charge in [0.05, 0.1) is 10.9 Å². The number of pyridine rings is 1. The van der Waals surface area contributed by atoms with Crippen molar-refractivity contribution >= 4 is 28.2 Å². The van der Waals surface area contributed by atoms with Crippen molar-refractivity contribution in [2.45, 2.75) is 31.7 Å². The van der Waals surface area contributed by atoms with Gasteiger partial charge in [-0.05, 0) is 24.5 Å². The smallest absolute Gasteiger partial charge is 0.339 e. The number of nitriles is 1. The van der Waals surface area contributed by atoms with Gasteiger partial charge in [-0.3, -0.25) is 4.79 Å². The SMILES string of the molecule is N#Cc1cc(-c2cn(C3CCCC3)c3c(C(=O)O)c[nH]c(=O)c23)cs1. The first-order valence-corrected chi connectivity index (χ1v) is 8.96. The third-order valence-electron chi connectivity index (χ3n) is 4.83. The number of hydrogen-bond donors (Lipinski definition) is 2. The first-order valence-electron chi connectivity index (χ1n) is 8.08. The van der Waals surface area contributed by atoms with Crippen molar-refractivity contribution in [1.82, 2.24) is 9.55 Å². The maximum atomic E-state index is 12.5. The van der Waals surface area contributed by atoms with Gasteiger partial charge in [0.1, 0.15) is 16.5 Å². The topological polar surface area (TPSA) is 98.9 Å². The summed E-state index contributed by atoms with van der Waals surface area (Å²) in [7, 11) is 0. The number of H-pyrrole nitrogens is 1. The summed E-state index contributed by atoms with van der Waals surface area (Å²) in [6.45, 7) is 0. The van der Waals surface area contributed by atoms with Crippen molar-refractivity contribution in [1.29, 1.82) is 5.26 Å². The lowest BCUT2D eigenvalue weighted by molar-refractivity contribution is 0.0698. The molecule has 0 radical (unpaired) electrons. The average molecular weight is 353 g/mol. The zero-order chi connectivity index (χ0) is 17.6. The number of nitrogens with one attached hydrogen (secondary N) is 1. The fourth-order valence-electron chi connectivity index (χ4n) is 3.70. The van der Waals surface area contributed by atoms with Gasteiger partial charge in [0.2, 0.25) is 0 Å². The van der Waals surface area contributed by atoms with Gasteiger partial charge in [0.15, 0.2) is 0 Å². The molecule has 0 amide bonds. The van der Waals surface area contributed by atoms with Crippen molar-refractivity contribution in [3.8, 4) is 17.2 Å². The normalized spacial score (nSPS) is 14.8. The van der Waals surface area contributed by atoms with E-state index < -0.39 is 5.97 Å². The number of aromatic carboxylic acids is 1. The van der Waals surface area contributed by atoms with Crippen molar-refractivity contribution in [3.63, 3.8) is 0 Å². The summed E-state index contributed by atoms with van der Waals surface area (Å²) in [5.41, 5.74) is 1.73. The Morgan fingerprint density at radius 1 is 1.40 bits per heavy atom. The van der Waals surface area contributed by atoms with E-state index in [1.807, 2.05) is 16.1 Å². The summed E-state index contributed by atoms with van der Waals surface area (Å²) in [6, 6.07) is 4.04. The summed E-state index contributed by atoms with van der Waals surface area (Å²) in [6.07, 6.45) is 7.30. The van der Waals surface area contributed by atoms with Gasteiger partial charge < -0.3 is 14.7 Å². The van der Waals surface area contributed by atoms with Crippen LogP contribution in [0.1, 0.15) is 47.0 Å². The molecule has 4 rings (SSSR count). The number of fused-ring (bicyclic) bond motifs is 1. The van der Waals surface area contributed by atoms with Crippen LogP contribution in [0.4, 0.5) is 0 Å². The molecular formula is C18H15N3O3S. The third kappa shape index (κ3) is 2.46. The van der Waals surface area contributed by atoms with Crippen LogP contribution in [-0.4, -0.2) is 20.6 Å². The zero-order valence-electron chi connectivity index (χ0n) is 13.3. The Kier molecular flexibility index (Phi) is 3.70. The largest absolute Gasteiger partial charge is 0.478 e. The van der Waals surface area contributed by atoms with Crippen LogP contribution in [0.25, 0.3) is 22.0 Å². The highest BCUT2D eigenvalue weighted by molar-refractivity contribution is 7.10. The van der Waals surface area contributed by atoms with Crippen LogP contribution >= 0.6 is 11.3 Å². The predicted molar refractivity (Wildman–Crippen MR) is 95.1 cm³/mol. The number of rotatable bonds is 3. The molecule has 3 aromatic heterocycles. The van der Waals surface area contributed by atoms with Crippen molar-refractivity contribution in [2.24, 2.45) is 0 Å². The van der Waals surface area contributed by atoms with E-state index in [0.717, 1.165) is 31.2 Å². The molecule has 3 aromatic rings. The first kappa shape index (κ1) is 15.7. The first-order chi connectivity index (χ1) is 12.1. The lowest BCUT2D eigenvalue weighted by atomic mass is 10.1. The maximum absolute atomic E-state index is 12.5. The summed E-state index contributed by atoms with van der Waals surface area (Å²) in [5.74, 6) is -1.06. The molecule has 0 atom stereocenters. The Balaban J connectivity index is 2.07. The molecule has 2 N–H and O–H groups in total. The fourth-order valence-corrected chi connectivity index (χ4v) is 4.39. The van der Waals surface area contributed by atoms with Crippen LogP contribution in [0.2, 0.25) is 0 Å². The van der Waals surface area contributed by atoms with Crippen molar-refractivity contribution in [3.05, 3.63) is 44.6 Å². The lowest BCUT2D eigenvalue weighted by Gasteiger charge is -2.14. The second-order valence-electron chi connectivity index (χ2n) is 6.26. The average Bonchev–Trinajstić information content (AvgIpc) is 3.33. The second kappa shape index (κ2) is 5.90. The molecule has 1 fully saturated rings. The van der Waals surface area contributed by atoms with Crippen LogP contribution in [0.15, 0.2) is 28.6 Å². The quantitative estimate of drug-likeness (QED) is 0.749. The Bertz CT molecular complexity index is 1080. The highest BCUT2D eigenvalue weighted by Crippen LogP contribution is 2.38. The molecular weight excluding hydrogens is 338 g/mol. The van der Waals surface area contributed by atoms with Crippen LogP contribution in [-0.2, 0) is 0 Å². The molecule has 6 nitrogen and oxygen atoms in total. The molecule has 1 aliphatic carbocycles. The lowest BCUT2D eigenvalue weighted by Crippen LogP contribution is -2.13. The minimum Gasteiger partial charge on any atom is -0.478 e. The van der Waals surface area contributed by atoms with Crippen LogP contribution < -0.4 is 5.56 Å². The minimum absolute atomic E-state index is 0.100. The Hall–Kier alpha value is -2.85. The standard InChI is InChI=1S/C18H15N3O3S/c19-6-12-5-10(9-25-12)14-8-21(11-3-1-2-4-11)16-13(18(23)24)7-20-17(22)15(14)16/h5,7-9,11H,1-4H2,(H,20,22)(H,23,24). The number of thiophene rings is 1. The summed E-state index contributed by atoms with van der Waals surface area (Å²) in [5, 5.41) is 20.9. The molecule has 1 saturated carbocycles. The van der Waals surface area contributed by atoms with Crippen LogP contribution in [0.5, 0.6) is 0 Å². The number of carboxylic acid groups (broad SMARTS) is 1. The number of hydrogen-bond acceptors (Lipinski definition) is 4. The summed E-state index contributed by atoms with van der Waals surface area (Å²) >= 11 is 1.31. The molecule has 0 bridgehead atoms. The third-order valence-corrected chi connectivity index (χ3v) is 5.67. The van der Waals surface area contributed by atoms with E-state index in [9.17, 15) is 14.7 Å². The van der Waals surface area contributed by atoms with E-state index in [0.29, 0.717) is 21.3 Å². The van der Waals surface area contributed by atoms with Crippen LogP contribution in [0.3, 0.4) is 0 Å². The molecule has 0 aliphatic heterocycles. The molecule has 3 heterocycles. The summed E-state index contributed by atoms with van der Waals surface area (Å²) in [4.78, 5) is 27.3. The molecule has 1 aliphatic rings. The monoisotopic (exact) mass is 353 g/mol. The van der Waals surface area contributed by atoms with Gasteiger partial charge >= 0.3 is 5.97 Å². The second-order valence-corrected chi connectivity index (χ2v) is 7.17. The number of carbonyl (C=O) groups is 1. The van der Waals surface area contributed by atoms with Gasteiger partial charge in [-0.2, -0.15) is 5.26 Å². The number of aromatic nitrogens is 2. The highest BCUT2D eigenvalue weighted by Gasteiger charge is 2.26. The molecule has 25 heavy (non-hydrogen) atoms. The number of carboxylic acids is 1. The fraction of sp³-hybridized carbons (Fsp3) is 0.278. The van der Waals surface area contributed by atoms with Crippen LogP contribution in [0, 0.1) is 11.3 Å². The number of aromatic amines is 1. The predicted octanol–water partition coefficient (Wildman–Crippen LogP) is 3.74. The van der Waals surface area contributed by atoms with E-state index in [-0.39, 0.29) is 17.2 Å². The maximum Gasteiger partial charge on any atom is 0.339 e. The van der Waals surface area contributed by atoms with Gasteiger partial charge in [0, 0.05) is 29.4 Å². The van der Waals surface area contributed by atoms with E-state index in [1.54, 1.807) is 6.07 Å². The van der Waals surface area contributed by atoms with Gasteiger partial charge in [0.25, 0.3) is 5.56 Å². The molecule has 7 heteroatoms. The molecule has 0 spiro atoms. The van der Waals surface area contributed by atoms with E-state index in [1.165, 1.54) is 17.5 Å². The van der Waals surface area contributed by atoms with Gasteiger partial charge in [-0.15, -0.1) is 11.3 Å². The Morgan fingerprint density at radius 2 is 2.16 bits per heavy atom. The van der Waals surface area contributed by atoms with Crippen molar-refractivity contribution < 1.29 is 9.90 Å².